The summed E-state index contributed by atoms with van der Waals surface area (Å²) in [5, 5.41) is 15.6. The molecule has 0 fully saturated rings. The molecule has 1 atom stereocenters. The van der Waals surface area contributed by atoms with E-state index in [0.717, 1.165) is 30.6 Å². The molecule has 0 saturated carbocycles. The van der Waals surface area contributed by atoms with Gasteiger partial charge in [-0.15, -0.1) is 12.4 Å². The van der Waals surface area contributed by atoms with Crippen LogP contribution in [-0.2, 0) is 0 Å². The molecule has 0 aliphatic rings. The minimum atomic E-state index is -0.335. The van der Waals surface area contributed by atoms with Gasteiger partial charge in [0.2, 0.25) is 0 Å². The molecule has 0 heterocycles. The Kier molecular flexibility index (Phi) is 13.6. The topological polar surface area (TPSA) is 61.4 Å². The largest absolute Gasteiger partial charge is 0.388 e. The smallest absolute Gasteiger partial charge is 0.164 e. The van der Waals surface area contributed by atoms with Gasteiger partial charge in [-0.05, 0) is 32.6 Å². The molecule has 0 bridgehead atoms. The number of ketones is 1. The SMILES string of the molecule is CNCCC(=O)c1ccccc1.CNCC[C@H](O)c1ccccc1.Cl. The van der Waals surface area contributed by atoms with E-state index in [4.69, 9.17) is 0 Å². The van der Waals surface area contributed by atoms with Crippen LogP contribution in [0.2, 0.25) is 0 Å². The summed E-state index contributed by atoms with van der Waals surface area (Å²) in [7, 11) is 3.73. The molecular formula is C20H29ClN2O2. The fraction of sp³-hybridized carbons (Fsp3) is 0.350. The predicted molar refractivity (Wildman–Crippen MR) is 107 cm³/mol. The maximum absolute atomic E-state index is 11.4. The summed E-state index contributed by atoms with van der Waals surface area (Å²) < 4.78 is 0. The molecule has 2 aromatic carbocycles. The lowest BCUT2D eigenvalue weighted by Gasteiger charge is -2.09. The molecule has 4 nitrogen and oxygen atoms in total. The maximum atomic E-state index is 11.4. The molecule has 0 aliphatic heterocycles. The van der Waals surface area contributed by atoms with Gasteiger partial charge in [-0.25, -0.2) is 0 Å². The van der Waals surface area contributed by atoms with Crippen LogP contribution < -0.4 is 10.6 Å². The van der Waals surface area contributed by atoms with Crippen molar-refractivity contribution < 1.29 is 9.90 Å². The number of nitrogens with one attached hydrogen (secondary N) is 2. The van der Waals surface area contributed by atoms with Gasteiger partial charge in [0, 0.05) is 18.5 Å². The normalized spacial score (nSPS) is 10.8. The van der Waals surface area contributed by atoms with E-state index in [2.05, 4.69) is 10.6 Å². The highest BCUT2D eigenvalue weighted by molar-refractivity contribution is 5.96. The number of rotatable bonds is 8. The average molecular weight is 365 g/mol. The lowest BCUT2D eigenvalue weighted by atomic mass is 10.1. The van der Waals surface area contributed by atoms with Gasteiger partial charge < -0.3 is 15.7 Å². The van der Waals surface area contributed by atoms with Crippen LogP contribution in [0.25, 0.3) is 0 Å². The number of aliphatic hydroxyl groups excluding tert-OH is 1. The van der Waals surface area contributed by atoms with Crippen LogP contribution in [0.1, 0.15) is 34.9 Å². The summed E-state index contributed by atoms with van der Waals surface area (Å²) >= 11 is 0. The molecule has 138 valence electrons. The zero-order valence-electron chi connectivity index (χ0n) is 14.9. The Morgan fingerprint density at radius 3 is 1.96 bits per heavy atom. The number of hydrogen-bond acceptors (Lipinski definition) is 4. The molecule has 3 N–H and O–H groups in total. The first-order valence-electron chi connectivity index (χ1n) is 8.29. The third-order valence-corrected chi connectivity index (χ3v) is 3.55. The zero-order chi connectivity index (χ0) is 17.6. The summed E-state index contributed by atoms with van der Waals surface area (Å²) in [5.74, 6) is 0.199. The summed E-state index contributed by atoms with van der Waals surface area (Å²) in [6.45, 7) is 1.59. The monoisotopic (exact) mass is 364 g/mol. The predicted octanol–water partition coefficient (Wildman–Crippen LogP) is 3.23. The molecule has 0 amide bonds. The fourth-order valence-electron chi connectivity index (χ4n) is 2.13. The summed E-state index contributed by atoms with van der Waals surface area (Å²) in [5.41, 5.74) is 1.79. The average Bonchev–Trinajstić information content (AvgIpc) is 2.66. The Bertz CT molecular complexity index is 564. The Morgan fingerprint density at radius 1 is 0.920 bits per heavy atom. The number of hydrogen-bond donors (Lipinski definition) is 3. The molecule has 0 aromatic heterocycles. The van der Waals surface area contributed by atoms with Crippen LogP contribution in [0.3, 0.4) is 0 Å². The molecule has 0 spiro atoms. The summed E-state index contributed by atoms with van der Waals surface area (Å²) in [6.07, 6.45) is 1.000. The Balaban J connectivity index is 0.000000443. The van der Waals surface area contributed by atoms with E-state index in [-0.39, 0.29) is 24.3 Å². The van der Waals surface area contributed by atoms with Crippen molar-refractivity contribution in [2.75, 3.05) is 27.2 Å². The van der Waals surface area contributed by atoms with Crippen LogP contribution in [0.15, 0.2) is 60.7 Å². The molecule has 0 saturated heterocycles. The Hall–Kier alpha value is -1.72. The van der Waals surface area contributed by atoms with Gasteiger partial charge in [0.25, 0.3) is 0 Å². The first-order valence-corrected chi connectivity index (χ1v) is 8.29. The molecule has 0 aliphatic carbocycles. The van der Waals surface area contributed by atoms with Gasteiger partial charge in [0.15, 0.2) is 5.78 Å². The second-order valence-electron chi connectivity index (χ2n) is 5.46. The fourth-order valence-corrected chi connectivity index (χ4v) is 2.13. The Labute approximate surface area is 157 Å². The minimum absolute atomic E-state index is 0. The van der Waals surface area contributed by atoms with Crippen molar-refractivity contribution in [1.82, 2.24) is 10.6 Å². The number of Topliss-reactive ketones (excluding diaryl/α,β-unsaturated/α-hetero) is 1. The van der Waals surface area contributed by atoms with E-state index in [1.54, 1.807) is 0 Å². The lowest BCUT2D eigenvalue weighted by molar-refractivity contribution is 0.0983. The Morgan fingerprint density at radius 2 is 1.44 bits per heavy atom. The van der Waals surface area contributed by atoms with Gasteiger partial charge in [-0.2, -0.15) is 0 Å². The van der Waals surface area contributed by atoms with Crippen LogP contribution >= 0.6 is 12.4 Å². The van der Waals surface area contributed by atoms with Crippen molar-refractivity contribution in [3.63, 3.8) is 0 Å². The van der Waals surface area contributed by atoms with Crippen LogP contribution in [-0.4, -0.2) is 38.1 Å². The number of benzene rings is 2. The first-order chi connectivity index (χ1) is 11.7. The van der Waals surface area contributed by atoms with E-state index >= 15 is 0 Å². The van der Waals surface area contributed by atoms with E-state index < -0.39 is 0 Å². The van der Waals surface area contributed by atoms with E-state index in [9.17, 15) is 9.90 Å². The van der Waals surface area contributed by atoms with E-state index in [1.807, 2.05) is 74.8 Å². The van der Waals surface area contributed by atoms with Crippen LogP contribution in [0.5, 0.6) is 0 Å². The quantitative estimate of drug-likeness (QED) is 0.629. The number of carbonyl (C=O) groups is 1. The van der Waals surface area contributed by atoms with Gasteiger partial charge >= 0.3 is 0 Å². The summed E-state index contributed by atoms with van der Waals surface area (Å²) in [4.78, 5) is 11.4. The molecule has 5 heteroatoms. The second-order valence-corrected chi connectivity index (χ2v) is 5.46. The second kappa shape index (κ2) is 14.6. The highest BCUT2D eigenvalue weighted by Gasteiger charge is 2.04. The van der Waals surface area contributed by atoms with Gasteiger partial charge in [-0.1, -0.05) is 60.7 Å². The zero-order valence-corrected chi connectivity index (χ0v) is 15.8. The molecular weight excluding hydrogens is 336 g/mol. The molecule has 2 aromatic rings. The number of halogens is 1. The van der Waals surface area contributed by atoms with Crippen LogP contribution in [0, 0.1) is 0 Å². The van der Waals surface area contributed by atoms with E-state index in [0.29, 0.717) is 6.42 Å². The summed E-state index contributed by atoms with van der Waals surface area (Å²) in [6, 6.07) is 19.1. The van der Waals surface area contributed by atoms with Gasteiger partial charge in [0.05, 0.1) is 6.10 Å². The highest BCUT2D eigenvalue weighted by atomic mass is 35.5. The van der Waals surface area contributed by atoms with E-state index in [1.165, 1.54) is 0 Å². The first kappa shape index (κ1) is 23.3. The molecule has 0 unspecified atom stereocenters. The van der Waals surface area contributed by atoms with Gasteiger partial charge in [-0.3, -0.25) is 4.79 Å². The van der Waals surface area contributed by atoms with Crippen molar-refractivity contribution in [3.8, 4) is 0 Å². The molecule has 0 radical (unpaired) electrons. The van der Waals surface area contributed by atoms with Crippen molar-refractivity contribution in [2.24, 2.45) is 0 Å². The minimum Gasteiger partial charge on any atom is -0.388 e. The standard InChI is InChI=1S/C10H15NO.C10H13NO.ClH/c2*1-11-8-7-10(12)9-5-3-2-4-6-9;/h2-6,10-12H,7-8H2,1H3;2-6,11H,7-8H2,1H3;1H/t10-;;/m0../s1. The van der Waals surface area contributed by atoms with Crippen LogP contribution in [0.4, 0.5) is 0 Å². The van der Waals surface area contributed by atoms with Gasteiger partial charge in [0.1, 0.15) is 0 Å². The number of aliphatic hydroxyl groups is 1. The van der Waals surface area contributed by atoms with Crippen molar-refractivity contribution in [1.29, 1.82) is 0 Å². The molecule has 2 rings (SSSR count). The van der Waals surface area contributed by atoms with Crippen molar-refractivity contribution in [3.05, 3.63) is 71.8 Å². The highest BCUT2D eigenvalue weighted by Crippen LogP contribution is 2.14. The molecule has 25 heavy (non-hydrogen) atoms. The number of carbonyl (C=O) groups excluding carboxylic acids is 1. The lowest BCUT2D eigenvalue weighted by Crippen LogP contribution is -2.12. The van der Waals surface area contributed by atoms with Crippen molar-refractivity contribution >= 4 is 18.2 Å². The third-order valence-electron chi connectivity index (χ3n) is 3.55. The third kappa shape index (κ3) is 9.99. The van der Waals surface area contributed by atoms with Crippen molar-refractivity contribution in [2.45, 2.75) is 18.9 Å². The maximum Gasteiger partial charge on any atom is 0.164 e.